The highest BCUT2D eigenvalue weighted by atomic mass is 19.4. The number of alkyl halides is 3. The molecule has 0 unspecified atom stereocenters. The number of halogens is 3. The Morgan fingerprint density at radius 2 is 1.94 bits per heavy atom. The first-order valence-corrected chi connectivity index (χ1v) is 9.99. The second-order valence-electron chi connectivity index (χ2n) is 7.63. The molecule has 172 valence electrons. The Labute approximate surface area is 185 Å². The zero-order valence-electron chi connectivity index (χ0n) is 17.5. The normalized spacial score (nSPS) is 14.1. The SMILES string of the molecule is COc1cc([N+](=O)[O-])ccc1CN1CCc2c(nc(-c3ccc(C(F)(F)F)cc3)[nH]c2=O)C1. The maximum Gasteiger partial charge on any atom is 0.416 e. The molecule has 0 saturated heterocycles. The number of ether oxygens (including phenoxy) is 1. The van der Waals surface area contributed by atoms with Crippen LogP contribution in [0.4, 0.5) is 18.9 Å². The zero-order chi connectivity index (χ0) is 23.8. The summed E-state index contributed by atoms with van der Waals surface area (Å²) in [5.41, 5.74) is 1.03. The number of H-pyrrole nitrogens is 1. The Balaban J connectivity index is 1.58. The van der Waals surface area contributed by atoms with Crippen LogP contribution in [0.3, 0.4) is 0 Å². The largest absolute Gasteiger partial charge is 0.496 e. The Hall–Kier alpha value is -3.73. The maximum atomic E-state index is 12.8. The minimum atomic E-state index is -4.45. The van der Waals surface area contributed by atoms with Gasteiger partial charge in [-0.15, -0.1) is 0 Å². The van der Waals surface area contributed by atoms with Gasteiger partial charge >= 0.3 is 6.18 Å². The monoisotopic (exact) mass is 460 g/mol. The number of nitrogens with zero attached hydrogens (tertiary/aromatic N) is 3. The molecule has 0 bridgehead atoms. The molecular weight excluding hydrogens is 441 g/mol. The summed E-state index contributed by atoms with van der Waals surface area (Å²) in [6.45, 7) is 1.33. The molecule has 0 amide bonds. The van der Waals surface area contributed by atoms with E-state index < -0.39 is 16.7 Å². The summed E-state index contributed by atoms with van der Waals surface area (Å²) in [6.07, 6.45) is -4.01. The second kappa shape index (κ2) is 8.66. The molecule has 1 aliphatic rings. The number of non-ortho nitro benzene ring substituents is 1. The van der Waals surface area contributed by atoms with Crippen LogP contribution in [0.2, 0.25) is 0 Å². The zero-order valence-corrected chi connectivity index (χ0v) is 17.5. The lowest BCUT2D eigenvalue weighted by atomic mass is 10.0. The van der Waals surface area contributed by atoms with E-state index in [-0.39, 0.29) is 17.1 Å². The molecule has 4 rings (SSSR count). The standard InChI is InChI=1S/C22H19F3N4O4/c1-33-19-10-16(29(31)32)7-4-14(19)11-28-9-8-17-18(12-28)26-20(27-21(17)30)13-2-5-15(6-3-13)22(23,24)25/h2-7,10H,8-9,11-12H2,1H3,(H,26,27,30). The number of benzene rings is 2. The third-order valence-electron chi connectivity index (χ3n) is 5.51. The number of methoxy groups -OCH3 is 1. The Kier molecular flexibility index (Phi) is 5.90. The van der Waals surface area contributed by atoms with Gasteiger partial charge in [0.1, 0.15) is 11.6 Å². The minimum absolute atomic E-state index is 0.0750. The summed E-state index contributed by atoms with van der Waals surface area (Å²) in [4.78, 5) is 32.3. The molecule has 0 aliphatic carbocycles. The molecule has 8 nitrogen and oxygen atoms in total. The van der Waals surface area contributed by atoms with Gasteiger partial charge in [0.25, 0.3) is 11.2 Å². The fourth-order valence-electron chi connectivity index (χ4n) is 3.80. The number of fused-ring (bicyclic) bond motifs is 1. The van der Waals surface area contributed by atoms with Crippen LogP contribution in [0.5, 0.6) is 5.75 Å². The molecule has 0 radical (unpaired) electrons. The summed E-state index contributed by atoms with van der Waals surface area (Å²) in [6, 6.07) is 8.83. The van der Waals surface area contributed by atoms with Crippen molar-refractivity contribution in [2.75, 3.05) is 13.7 Å². The molecule has 1 aliphatic heterocycles. The minimum Gasteiger partial charge on any atom is -0.496 e. The predicted molar refractivity (Wildman–Crippen MR) is 113 cm³/mol. The number of nitro groups is 1. The van der Waals surface area contributed by atoms with Gasteiger partial charge in [0.05, 0.1) is 29.4 Å². The van der Waals surface area contributed by atoms with Crippen molar-refractivity contribution in [3.8, 4) is 17.1 Å². The van der Waals surface area contributed by atoms with E-state index in [1.807, 2.05) is 4.90 Å². The maximum absolute atomic E-state index is 12.8. The predicted octanol–water partition coefficient (Wildman–Crippen LogP) is 3.93. The number of aromatic amines is 1. The first-order chi connectivity index (χ1) is 15.7. The van der Waals surface area contributed by atoms with Crippen LogP contribution in [-0.2, 0) is 25.7 Å². The Morgan fingerprint density at radius 1 is 1.21 bits per heavy atom. The second-order valence-corrected chi connectivity index (χ2v) is 7.63. The number of nitrogens with one attached hydrogen (secondary N) is 1. The van der Waals surface area contributed by atoms with Crippen LogP contribution in [-0.4, -0.2) is 33.4 Å². The van der Waals surface area contributed by atoms with Gasteiger partial charge in [-0.25, -0.2) is 4.98 Å². The molecule has 2 heterocycles. The lowest BCUT2D eigenvalue weighted by molar-refractivity contribution is -0.384. The van der Waals surface area contributed by atoms with Crippen molar-refractivity contribution in [3.63, 3.8) is 0 Å². The first kappa shape index (κ1) is 22.5. The third-order valence-corrected chi connectivity index (χ3v) is 5.51. The highest BCUT2D eigenvalue weighted by Crippen LogP contribution is 2.31. The highest BCUT2D eigenvalue weighted by molar-refractivity contribution is 5.56. The average Bonchev–Trinajstić information content (AvgIpc) is 2.78. The van der Waals surface area contributed by atoms with E-state index in [0.29, 0.717) is 48.6 Å². The van der Waals surface area contributed by atoms with Crippen LogP contribution in [0, 0.1) is 10.1 Å². The molecule has 33 heavy (non-hydrogen) atoms. The lowest BCUT2D eigenvalue weighted by Gasteiger charge is -2.28. The number of aromatic nitrogens is 2. The van der Waals surface area contributed by atoms with Gasteiger partial charge in [-0.3, -0.25) is 19.8 Å². The topological polar surface area (TPSA) is 101 Å². The van der Waals surface area contributed by atoms with Gasteiger partial charge in [0.15, 0.2) is 0 Å². The molecule has 3 aromatic rings. The molecule has 0 atom stereocenters. The van der Waals surface area contributed by atoms with E-state index in [0.717, 1.165) is 17.7 Å². The van der Waals surface area contributed by atoms with E-state index in [1.54, 1.807) is 6.07 Å². The van der Waals surface area contributed by atoms with Crippen LogP contribution in [0.25, 0.3) is 11.4 Å². The molecular formula is C22H19F3N4O4. The number of rotatable bonds is 5. The third kappa shape index (κ3) is 4.72. The highest BCUT2D eigenvalue weighted by Gasteiger charge is 2.30. The summed E-state index contributed by atoms with van der Waals surface area (Å²) in [5, 5.41) is 11.0. The molecule has 0 saturated carbocycles. The van der Waals surface area contributed by atoms with Crippen molar-refractivity contribution >= 4 is 5.69 Å². The Bertz CT molecular complexity index is 1260. The Morgan fingerprint density at radius 3 is 2.58 bits per heavy atom. The number of hydrogen-bond acceptors (Lipinski definition) is 6. The summed E-state index contributed by atoms with van der Waals surface area (Å²) < 4.78 is 43.8. The van der Waals surface area contributed by atoms with Gasteiger partial charge in [0.2, 0.25) is 0 Å². The van der Waals surface area contributed by atoms with E-state index in [9.17, 15) is 28.1 Å². The van der Waals surface area contributed by atoms with Crippen LogP contribution in [0.1, 0.15) is 22.4 Å². The quantitative estimate of drug-likeness (QED) is 0.457. The van der Waals surface area contributed by atoms with Crippen molar-refractivity contribution in [1.29, 1.82) is 0 Å². The fraction of sp³-hybridized carbons (Fsp3) is 0.273. The summed E-state index contributed by atoms with van der Waals surface area (Å²) >= 11 is 0. The molecule has 11 heteroatoms. The smallest absolute Gasteiger partial charge is 0.416 e. The summed E-state index contributed by atoms with van der Waals surface area (Å²) in [5.74, 6) is 0.585. The average molecular weight is 460 g/mol. The van der Waals surface area contributed by atoms with Gasteiger partial charge in [-0.05, 0) is 24.6 Å². The molecule has 1 aromatic heterocycles. The number of hydrogen-bond donors (Lipinski definition) is 1. The van der Waals surface area contributed by atoms with Crippen LogP contribution >= 0.6 is 0 Å². The molecule has 0 spiro atoms. The van der Waals surface area contributed by atoms with Crippen LogP contribution in [0.15, 0.2) is 47.3 Å². The van der Waals surface area contributed by atoms with Gasteiger partial charge in [0, 0.05) is 42.4 Å². The van der Waals surface area contributed by atoms with E-state index in [1.165, 1.54) is 31.4 Å². The van der Waals surface area contributed by atoms with Gasteiger partial charge in [-0.1, -0.05) is 12.1 Å². The van der Waals surface area contributed by atoms with E-state index in [2.05, 4.69) is 9.97 Å². The van der Waals surface area contributed by atoms with Crippen molar-refractivity contribution in [2.24, 2.45) is 0 Å². The van der Waals surface area contributed by atoms with Crippen molar-refractivity contribution in [2.45, 2.75) is 25.7 Å². The van der Waals surface area contributed by atoms with Gasteiger partial charge in [-0.2, -0.15) is 13.2 Å². The fourth-order valence-corrected chi connectivity index (χ4v) is 3.80. The van der Waals surface area contributed by atoms with Crippen LogP contribution < -0.4 is 10.3 Å². The van der Waals surface area contributed by atoms with Crippen molar-refractivity contribution in [1.82, 2.24) is 14.9 Å². The van der Waals surface area contributed by atoms with Crippen molar-refractivity contribution < 1.29 is 22.8 Å². The lowest BCUT2D eigenvalue weighted by Crippen LogP contribution is -2.35. The number of nitro benzene ring substituents is 1. The van der Waals surface area contributed by atoms with Gasteiger partial charge < -0.3 is 9.72 Å². The van der Waals surface area contributed by atoms with Crippen molar-refractivity contribution in [3.05, 3.63) is 85.3 Å². The molecule has 0 fully saturated rings. The summed E-state index contributed by atoms with van der Waals surface area (Å²) in [7, 11) is 1.44. The molecule has 2 aromatic carbocycles. The van der Waals surface area contributed by atoms with E-state index >= 15 is 0 Å². The molecule has 1 N–H and O–H groups in total. The van der Waals surface area contributed by atoms with E-state index in [4.69, 9.17) is 4.74 Å². The first-order valence-electron chi connectivity index (χ1n) is 9.99.